The van der Waals surface area contributed by atoms with E-state index in [-0.39, 0.29) is 30.2 Å². The van der Waals surface area contributed by atoms with Crippen LogP contribution in [0.1, 0.15) is 11.1 Å². The van der Waals surface area contributed by atoms with Gasteiger partial charge in [-0.3, -0.25) is 4.79 Å². The highest BCUT2D eigenvalue weighted by molar-refractivity contribution is 5.79. The lowest BCUT2D eigenvalue weighted by molar-refractivity contribution is -0.275. The molecule has 0 spiro atoms. The van der Waals surface area contributed by atoms with Gasteiger partial charge in [0.05, 0.1) is 20.6 Å². The van der Waals surface area contributed by atoms with Crippen molar-refractivity contribution in [2.45, 2.75) is 19.3 Å². The van der Waals surface area contributed by atoms with Gasteiger partial charge in [0, 0.05) is 24.7 Å². The summed E-state index contributed by atoms with van der Waals surface area (Å²) in [6, 6.07) is 10.8. The van der Waals surface area contributed by atoms with Crippen LogP contribution >= 0.6 is 0 Å². The number of benzene rings is 2. The molecule has 0 saturated heterocycles. The molecule has 2 aromatic rings. The number of likely N-dealkylation sites (N-methyl/N-ethyl adjacent to an activating group) is 1. The number of ether oxygens (including phenoxy) is 3. The molecule has 0 bridgehead atoms. The van der Waals surface area contributed by atoms with Crippen LogP contribution in [-0.4, -0.2) is 38.4 Å². The summed E-state index contributed by atoms with van der Waals surface area (Å²) >= 11 is 0. The van der Waals surface area contributed by atoms with Crippen molar-refractivity contribution in [3.05, 3.63) is 53.6 Å². The number of hydrogen-bond acceptors (Lipinski definition) is 4. The summed E-state index contributed by atoms with van der Waals surface area (Å²) in [7, 11) is 4.51. The molecule has 0 atom stereocenters. The first-order valence-corrected chi connectivity index (χ1v) is 8.02. The second kappa shape index (κ2) is 8.66. The molecule has 2 rings (SSSR count). The minimum absolute atomic E-state index is 0.0131. The summed E-state index contributed by atoms with van der Waals surface area (Å²) in [5, 5.41) is 0. The Morgan fingerprint density at radius 1 is 1.00 bits per heavy atom. The second-order valence-electron chi connectivity index (χ2n) is 5.76. The molecule has 0 heterocycles. The molecule has 27 heavy (non-hydrogen) atoms. The molecular formula is C19H20F3NO4. The highest BCUT2D eigenvalue weighted by Gasteiger charge is 2.32. The van der Waals surface area contributed by atoms with Crippen molar-refractivity contribution in [3.63, 3.8) is 0 Å². The van der Waals surface area contributed by atoms with Crippen LogP contribution in [-0.2, 0) is 17.8 Å². The average Bonchev–Trinajstić information content (AvgIpc) is 2.62. The van der Waals surface area contributed by atoms with Crippen molar-refractivity contribution in [3.8, 4) is 17.2 Å². The predicted octanol–water partition coefficient (Wildman–Crippen LogP) is 3.80. The smallest absolute Gasteiger partial charge is 0.497 e. The van der Waals surface area contributed by atoms with E-state index in [2.05, 4.69) is 4.74 Å². The highest BCUT2D eigenvalue weighted by Crippen LogP contribution is 2.28. The fourth-order valence-electron chi connectivity index (χ4n) is 2.52. The fourth-order valence-corrected chi connectivity index (χ4v) is 2.52. The first-order valence-electron chi connectivity index (χ1n) is 8.02. The van der Waals surface area contributed by atoms with Gasteiger partial charge in [0.15, 0.2) is 0 Å². The van der Waals surface area contributed by atoms with Crippen LogP contribution in [0.4, 0.5) is 13.2 Å². The SMILES string of the molecule is COc1ccc(OC)c(CC(=O)N(C)Cc2ccccc2OC(F)(F)F)c1. The molecule has 2 aromatic carbocycles. The summed E-state index contributed by atoms with van der Waals surface area (Å²) in [6.45, 7) is -0.0304. The van der Waals surface area contributed by atoms with Gasteiger partial charge in [-0.05, 0) is 24.3 Å². The first-order chi connectivity index (χ1) is 12.7. The lowest BCUT2D eigenvalue weighted by Crippen LogP contribution is -2.28. The number of rotatable bonds is 7. The molecule has 0 aliphatic carbocycles. The molecule has 5 nitrogen and oxygen atoms in total. The zero-order valence-electron chi connectivity index (χ0n) is 15.2. The summed E-state index contributed by atoms with van der Waals surface area (Å²) in [6.07, 6.45) is -4.79. The first kappa shape index (κ1) is 20.4. The third-order valence-electron chi connectivity index (χ3n) is 3.86. The van der Waals surface area contributed by atoms with Gasteiger partial charge in [-0.15, -0.1) is 13.2 Å². The Bertz CT molecular complexity index is 793. The molecule has 0 radical (unpaired) electrons. The molecule has 0 saturated carbocycles. The summed E-state index contributed by atoms with van der Waals surface area (Å²) in [4.78, 5) is 13.9. The lowest BCUT2D eigenvalue weighted by Gasteiger charge is -2.20. The maximum atomic E-state index is 12.5. The van der Waals surface area contributed by atoms with E-state index in [9.17, 15) is 18.0 Å². The van der Waals surface area contributed by atoms with Gasteiger partial charge in [-0.1, -0.05) is 18.2 Å². The van der Waals surface area contributed by atoms with E-state index in [0.29, 0.717) is 17.1 Å². The second-order valence-corrected chi connectivity index (χ2v) is 5.76. The number of methoxy groups -OCH3 is 2. The van der Waals surface area contributed by atoms with Crippen molar-refractivity contribution in [2.75, 3.05) is 21.3 Å². The number of hydrogen-bond donors (Lipinski definition) is 0. The van der Waals surface area contributed by atoms with Gasteiger partial charge < -0.3 is 19.1 Å². The van der Waals surface area contributed by atoms with E-state index < -0.39 is 6.36 Å². The van der Waals surface area contributed by atoms with Crippen molar-refractivity contribution in [1.29, 1.82) is 0 Å². The molecule has 0 aliphatic rings. The third-order valence-corrected chi connectivity index (χ3v) is 3.86. The Hall–Kier alpha value is -2.90. The molecule has 0 N–H and O–H groups in total. The predicted molar refractivity (Wildman–Crippen MR) is 92.8 cm³/mol. The van der Waals surface area contributed by atoms with Crippen LogP contribution < -0.4 is 14.2 Å². The van der Waals surface area contributed by atoms with Crippen molar-refractivity contribution < 1.29 is 32.2 Å². The normalized spacial score (nSPS) is 11.0. The van der Waals surface area contributed by atoms with Gasteiger partial charge in [0.1, 0.15) is 17.2 Å². The zero-order chi connectivity index (χ0) is 20.0. The fraction of sp³-hybridized carbons (Fsp3) is 0.316. The van der Waals surface area contributed by atoms with Crippen LogP contribution in [0.15, 0.2) is 42.5 Å². The van der Waals surface area contributed by atoms with Crippen LogP contribution in [0.25, 0.3) is 0 Å². The molecule has 0 aliphatic heterocycles. The highest BCUT2D eigenvalue weighted by atomic mass is 19.4. The largest absolute Gasteiger partial charge is 0.573 e. The monoisotopic (exact) mass is 383 g/mol. The van der Waals surface area contributed by atoms with Crippen molar-refractivity contribution >= 4 is 5.91 Å². The van der Waals surface area contributed by atoms with Gasteiger partial charge in [0.25, 0.3) is 0 Å². The molecule has 146 valence electrons. The average molecular weight is 383 g/mol. The summed E-state index contributed by atoms with van der Waals surface area (Å²) in [5.41, 5.74) is 0.872. The van der Waals surface area contributed by atoms with Crippen LogP contribution in [0.5, 0.6) is 17.2 Å². The quantitative estimate of drug-likeness (QED) is 0.730. The number of alkyl halides is 3. The van der Waals surface area contributed by atoms with E-state index in [4.69, 9.17) is 9.47 Å². The van der Waals surface area contributed by atoms with Crippen molar-refractivity contribution in [1.82, 2.24) is 4.90 Å². The van der Waals surface area contributed by atoms with E-state index >= 15 is 0 Å². The van der Waals surface area contributed by atoms with Crippen LogP contribution in [0, 0.1) is 0 Å². The minimum atomic E-state index is -4.80. The summed E-state index contributed by atoms with van der Waals surface area (Å²) < 4.78 is 52.0. The van der Waals surface area contributed by atoms with Crippen LogP contribution in [0.3, 0.4) is 0 Å². The minimum Gasteiger partial charge on any atom is -0.497 e. The van der Waals surface area contributed by atoms with Crippen molar-refractivity contribution in [2.24, 2.45) is 0 Å². The van der Waals surface area contributed by atoms with Gasteiger partial charge in [0.2, 0.25) is 5.91 Å². The van der Waals surface area contributed by atoms with E-state index in [1.54, 1.807) is 24.3 Å². The van der Waals surface area contributed by atoms with E-state index in [1.165, 1.54) is 44.4 Å². The molecule has 0 aromatic heterocycles. The number of carbonyl (C=O) groups is 1. The Labute approximate surface area is 155 Å². The van der Waals surface area contributed by atoms with Gasteiger partial charge in [-0.25, -0.2) is 0 Å². The maximum absolute atomic E-state index is 12.5. The Kier molecular flexibility index (Phi) is 6.55. The molecule has 0 unspecified atom stereocenters. The lowest BCUT2D eigenvalue weighted by atomic mass is 10.1. The maximum Gasteiger partial charge on any atom is 0.573 e. The zero-order valence-corrected chi connectivity index (χ0v) is 15.2. The molecule has 8 heteroatoms. The summed E-state index contributed by atoms with van der Waals surface area (Å²) in [5.74, 6) is 0.482. The number of carbonyl (C=O) groups excluding carboxylic acids is 1. The van der Waals surface area contributed by atoms with E-state index in [1.807, 2.05) is 0 Å². The topological polar surface area (TPSA) is 48.0 Å². The van der Waals surface area contributed by atoms with Gasteiger partial charge >= 0.3 is 6.36 Å². The molecular weight excluding hydrogens is 363 g/mol. The molecule has 0 fully saturated rings. The number of para-hydroxylation sites is 1. The number of halogens is 3. The number of amides is 1. The van der Waals surface area contributed by atoms with Gasteiger partial charge in [-0.2, -0.15) is 0 Å². The Morgan fingerprint density at radius 3 is 2.33 bits per heavy atom. The standard InChI is InChI=1S/C19H20F3NO4/c1-23(12-13-6-4-5-7-17(13)27-19(20,21)22)18(24)11-14-10-15(25-2)8-9-16(14)26-3/h4-10H,11-12H2,1-3H3. The molecule has 1 amide bonds. The van der Waals surface area contributed by atoms with E-state index in [0.717, 1.165) is 0 Å². The third kappa shape index (κ3) is 5.80. The Balaban J connectivity index is 2.13. The van der Waals surface area contributed by atoms with Crippen LogP contribution in [0.2, 0.25) is 0 Å². The number of nitrogens with zero attached hydrogens (tertiary/aromatic N) is 1. The Morgan fingerprint density at radius 2 is 1.70 bits per heavy atom.